The number of benzene rings is 2. The Morgan fingerprint density at radius 1 is 0.933 bits per heavy atom. The Balaban J connectivity index is 0.00000112. The topological polar surface area (TPSA) is 54.4 Å². The van der Waals surface area contributed by atoms with Gasteiger partial charge in [-0.2, -0.15) is 8.42 Å². The molecule has 0 aliphatic rings. The Hall–Kier alpha value is -0.390. The van der Waals surface area contributed by atoms with Crippen LogP contribution in [0.5, 0.6) is 0 Å². The van der Waals surface area contributed by atoms with Crippen LogP contribution in [0.15, 0.2) is 47.4 Å². The molecule has 0 heterocycles. The summed E-state index contributed by atoms with van der Waals surface area (Å²) in [4.78, 5) is -0.0730. The van der Waals surface area contributed by atoms with Gasteiger partial charge in [-0.1, -0.05) is 30.3 Å². The maximum absolute atomic E-state index is 10.8. The van der Waals surface area contributed by atoms with Crippen molar-refractivity contribution in [2.24, 2.45) is 0 Å². The van der Waals surface area contributed by atoms with Gasteiger partial charge >= 0.3 is 29.6 Å². The number of hydrogen-bond donors (Lipinski definition) is 1. The molecule has 3 nitrogen and oxygen atoms in total. The second-order valence-corrected chi connectivity index (χ2v) is 4.41. The van der Waals surface area contributed by atoms with Gasteiger partial charge in [-0.3, -0.25) is 4.55 Å². The monoisotopic (exact) mass is 232 g/mol. The minimum absolute atomic E-state index is 0. The first-order valence-electron chi connectivity index (χ1n) is 4.04. The zero-order valence-electron chi connectivity index (χ0n) is 7.21. The summed E-state index contributed by atoms with van der Waals surface area (Å²) in [5.41, 5.74) is 0. The molecule has 5 heteroatoms. The quantitative estimate of drug-likeness (QED) is 0.598. The fourth-order valence-corrected chi connectivity index (χ4v) is 1.84. The van der Waals surface area contributed by atoms with Crippen LogP contribution in [0, 0.1) is 0 Å². The molecule has 0 aromatic heterocycles. The molecule has 0 amide bonds. The van der Waals surface area contributed by atoms with Crippen LogP contribution < -0.4 is 0 Å². The van der Waals surface area contributed by atoms with E-state index in [1.807, 2.05) is 18.2 Å². The summed E-state index contributed by atoms with van der Waals surface area (Å²) in [6.45, 7) is 0. The van der Waals surface area contributed by atoms with Gasteiger partial charge in [0.1, 0.15) is 0 Å². The number of fused-ring (bicyclic) bond motifs is 1. The van der Waals surface area contributed by atoms with Gasteiger partial charge in [-0.25, -0.2) is 0 Å². The van der Waals surface area contributed by atoms with Crippen molar-refractivity contribution in [2.45, 2.75) is 4.90 Å². The van der Waals surface area contributed by atoms with Gasteiger partial charge in [-0.05, 0) is 22.9 Å². The SMILES string of the molecule is O=S(=O)(O)c1ccc2ccccc2c1.[NaH]. The third-order valence-electron chi connectivity index (χ3n) is 2.02. The van der Waals surface area contributed by atoms with Gasteiger partial charge in [0.2, 0.25) is 0 Å². The van der Waals surface area contributed by atoms with Crippen LogP contribution in [-0.4, -0.2) is 42.5 Å². The first-order valence-corrected chi connectivity index (χ1v) is 5.48. The third kappa shape index (κ3) is 2.80. The van der Waals surface area contributed by atoms with Crippen LogP contribution in [-0.2, 0) is 10.1 Å². The minimum atomic E-state index is -4.09. The Bertz CT molecular complexity index is 578. The zero-order valence-corrected chi connectivity index (χ0v) is 8.03. The van der Waals surface area contributed by atoms with Crippen molar-refractivity contribution in [3.8, 4) is 0 Å². The molecule has 0 saturated heterocycles. The molecule has 15 heavy (non-hydrogen) atoms. The van der Waals surface area contributed by atoms with Crippen molar-refractivity contribution in [2.75, 3.05) is 0 Å². The Labute approximate surface area is 110 Å². The molecule has 0 unspecified atom stereocenters. The predicted octanol–water partition coefficient (Wildman–Crippen LogP) is 1.44. The second kappa shape index (κ2) is 4.63. The molecule has 0 radical (unpaired) electrons. The molecule has 0 saturated carbocycles. The van der Waals surface area contributed by atoms with E-state index in [1.54, 1.807) is 12.1 Å². The fraction of sp³-hybridized carbons (Fsp3) is 0. The summed E-state index contributed by atoms with van der Waals surface area (Å²) >= 11 is 0. The predicted molar refractivity (Wildman–Crippen MR) is 60.9 cm³/mol. The molecule has 0 bridgehead atoms. The van der Waals surface area contributed by atoms with E-state index in [4.69, 9.17) is 4.55 Å². The van der Waals surface area contributed by atoms with E-state index < -0.39 is 10.1 Å². The van der Waals surface area contributed by atoms with Gasteiger partial charge in [0.15, 0.2) is 0 Å². The van der Waals surface area contributed by atoms with Crippen LogP contribution in [0.2, 0.25) is 0 Å². The van der Waals surface area contributed by atoms with E-state index in [-0.39, 0.29) is 34.5 Å². The molecule has 2 rings (SSSR count). The molecular weight excluding hydrogens is 223 g/mol. The Morgan fingerprint density at radius 3 is 2.13 bits per heavy atom. The zero-order chi connectivity index (χ0) is 10.2. The van der Waals surface area contributed by atoms with Crippen LogP contribution >= 0.6 is 0 Å². The van der Waals surface area contributed by atoms with E-state index in [0.29, 0.717) is 0 Å². The molecule has 2 aromatic rings. The summed E-state index contributed by atoms with van der Waals surface area (Å²) in [6, 6.07) is 11.9. The molecule has 0 atom stereocenters. The van der Waals surface area contributed by atoms with Crippen molar-refractivity contribution in [3.05, 3.63) is 42.5 Å². The number of hydrogen-bond acceptors (Lipinski definition) is 2. The first-order chi connectivity index (χ1) is 6.57. The molecule has 0 aliphatic heterocycles. The molecular formula is C10H9NaO3S. The first kappa shape index (κ1) is 12.7. The standard InChI is InChI=1S/C10H8O3S.Na.H/c11-14(12,13)10-6-5-8-3-1-2-4-9(8)7-10;;/h1-7H,(H,11,12,13);;. The van der Waals surface area contributed by atoms with Crippen molar-refractivity contribution < 1.29 is 13.0 Å². The van der Waals surface area contributed by atoms with Gasteiger partial charge < -0.3 is 0 Å². The van der Waals surface area contributed by atoms with Gasteiger partial charge in [-0.15, -0.1) is 0 Å². The van der Waals surface area contributed by atoms with E-state index in [2.05, 4.69) is 0 Å². The van der Waals surface area contributed by atoms with Crippen molar-refractivity contribution in [1.29, 1.82) is 0 Å². The number of rotatable bonds is 1. The van der Waals surface area contributed by atoms with Crippen LogP contribution in [0.1, 0.15) is 0 Å². The molecule has 1 N–H and O–H groups in total. The van der Waals surface area contributed by atoms with E-state index >= 15 is 0 Å². The summed E-state index contributed by atoms with van der Waals surface area (Å²) < 4.78 is 30.5. The van der Waals surface area contributed by atoms with E-state index in [0.717, 1.165) is 10.8 Å². The molecule has 2 aromatic carbocycles. The average Bonchev–Trinajstić information content (AvgIpc) is 2.16. The molecule has 0 spiro atoms. The fourth-order valence-electron chi connectivity index (χ4n) is 1.33. The van der Waals surface area contributed by atoms with Crippen molar-refractivity contribution in [1.82, 2.24) is 0 Å². The van der Waals surface area contributed by atoms with E-state index in [9.17, 15) is 8.42 Å². The van der Waals surface area contributed by atoms with E-state index in [1.165, 1.54) is 12.1 Å². The second-order valence-electron chi connectivity index (χ2n) is 2.98. The Kier molecular flexibility index (Phi) is 3.92. The molecule has 74 valence electrons. The summed E-state index contributed by atoms with van der Waals surface area (Å²) in [5, 5.41) is 1.74. The van der Waals surface area contributed by atoms with Crippen LogP contribution in [0.25, 0.3) is 10.8 Å². The van der Waals surface area contributed by atoms with Gasteiger partial charge in [0.05, 0.1) is 4.90 Å². The normalized spacial score (nSPS) is 11.0. The van der Waals surface area contributed by atoms with Crippen molar-refractivity contribution in [3.63, 3.8) is 0 Å². The van der Waals surface area contributed by atoms with Gasteiger partial charge in [0, 0.05) is 0 Å². The summed E-state index contributed by atoms with van der Waals surface area (Å²) in [5.74, 6) is 0. The third-order valence-corrected chi connectivity index (χ3v) is 2.87. The summed E-state index contributed by atoms with van der Waals surface area (Å²) in [7, 11) is -4.09. The van der Waals surface area contributed by atoms with Crippen molar-refractivity contribution >= 4 is 50.4 Å². The Morgan fingerprint density at radius 2 is 1.53 bits per heavy atom. The summed E-state index contributed by atoms with van der Waals surface area (Å²) in [6.07, 6.45) is 0. The molecule has 0 aliphatic carbocycles. The molecule has 0 fully saturated rings. The average molecular weight is 232 g/mol. The van der Waals surface area contributed by atoms with Gasteiger partial charge in [0.25, 0.3) is 10.1 Å². The van der Waals surface area contributed by atoms with Crippen LogP contribution in [0.4, 0.5) is 0 Å². The maximum atomic E-state index is 10.8. The van der Waals surface area contributed by atoms with Crippen LogP contribution in [0.3, 0.4) is 0 Å².